The quantitative estimate of drug-likeness (QED) is 0.530. The molecular weight excluding hydrogens is 288 g/mol. The van der Waals surface area contributed by atoms with Crippen molar-refractivity contribution in [2.24, 2.45) is 5.41 Å². The number of hydrogen-bond acceptors (Lipinski definition) is 6. The van der Waals surface area contributed by atoms with Crippen LogP contribution in [0.25, 0.3) is 0 Å². The fourth-order valence-electron chi connectivity index (χ4n) is 2.99. The van der Waals surface area contributed by atoms with Crippen LogP contribution in [-0.2, 0) is 4.74 Å². The van der Waals surface area contributed by atoms with E-state index in [1.165, 1.54) is 6.07 Å². The van der Waals surface area contributed by atoms with E-state index in [2.05, 4.69) is 10.2 Å². The maximum Gasteiger partial charge on any atom is 0.271 e. The zero-order chi connectivity index (χ0) is 16.2. The van der Waals surface area contributed by atoms with Crippen LogP contribution in [0.3, 0.4) is 0 Å². The Bertz CT molecular complexity index is 507. The van der Waals surface area contributed by atoms with E-state index in [-0.39, 0.29) is 18.3 Å². The highest BCUT2D eigenvalue weighted by atomic mass is 16.5. The fraction of sp³-hybridized carbons (Fsp3) is 0.714. The summed E-state index contributed by atoms with van der Waals surface area (Å²) in [6, 6.07) is 1.49. The standard InChI is InChI=1S/C14H24N4O4/c1-22-6-2-4-14(9-19)8-18(5-3-11(14)20)13(21)10-7-12(15)17-16-10/h7,11,19-20H,2-6,8-9H2,1H3,(H3,15,16,17)/t11-,14+/m1/s1. The number of nitrogens with two attached hydrogens (primary N) is 1. The Kier molecular flexibility index (Phi) is 5.38. The van der Waals surface area contributed by atoms with Gasteiger partial charge in [0.05, 0.1) is 12.7 Å². The summed E-state index contributed by atoms with van der Waals surface area (Å²) in [6.07, 6.45) is 1.11. The largest absolute Gasteiger partial charge is 0.396 e. The van der Waals surface area contributed by atoms with Crippen molar-refractivity contribution < 1.29 is 19.7 Å². The van der Waals surface area contributed by atoms with E-state index < -0.39 is 11.5 Å². The molecule has 124 valence electrons. The summed E-state index contributed by atoms with van der Waals surface area (Å²) in [6.45, 7) is 1.11. The number of rotatable bonds is 6. The minimum absolute atomic E-state index is 0.174. The number of nitrogens with one attached hydrogen (secondary N) is 1. The molecule has 1 fully saturated rings. The van der Waals surface area contributed by atoms with E-state index >= 15 is 0 Å². The van der Waals surface area contributed by atoms with Crippen molar-refractivity contribution in [1.82, 2.24) is 15.1 Å². The molecule has 2 rings (SSSR count). The lowest BCUT2D eigenvalue weighted by Crippen LogP contribution is -2.55. The van der Waals surface area contributed by atoms with Crippen molar-refractivity contribution in [2.45, 2.75) is 25.4 Å². The second-order valence-corrected chi connectivity index (χ2v) is 5.85. The van der Waals surface area contributed by atoms with Crippen LogP contribution in [0.15, 0.2) is 6.07 Å². The Morgan fingerprint density at radius 2 is 2.45 bits per heavy atom. The number of carbonyl (C=O) groups is 1. The summed E-state index contributed by atoms with van der Waals surface area (Å²) < 4.78 is 5.03. The third-order valence-electron chi connectivity index (χ3n) is 4.34. The van der Waals surface area contributed by atoms with Gasteiger partial charge < -0.3 is 25.6 Å². The van der Waals surface area contributed by atoms with Crippen LogP contribution in [0.5, 0.6) is 0 Å². The number of carbonyl (C=O) groups excluding carboxylic acids is 1. The van der Waals surface area contributed by atoms with Crippen molar-refractivity contribution in [2.75, 3.05) is 39.1 Å². The number of aliphatic hydroxyl groups excluding tert-OH is 2. The van der Waals surface area contributed by atoms with E-state index in [9.17, 15) is 15.0 Å². The lowest BCUT2D eigenvalue weighted by molar-refractivity contribution is -0.0745. The summed E-state index contributed by atoms with van der Waals surface area (Å²) >= 11 is 0. The van der Waals surface area contributed by atoms with Gasteiger partial charge in [-0.3, -0.25) is 9.89 Å². The molecule has 0 spiro atoms. The molecule has 2 atom stereocenters. The summed E-state index contributed by atoms with van der Waals surface area (Å²) in [7, 11) is 1.61. The number of nitrogen functional groups attached to an aromatic ring is 1. The third kappa shape index (κ3) is 3.40. The van der Waals surface area contributed by atoms with Gasteiger partial charge in [-0.05, 0) is 19.3 Å². The van der Waals surface area contributed by atoms with Gasteiger partial charge in [0.15, 0.2) is 0 Å². The molecule has 0 bridgehead atoms. The number of likely N-dealkylation sites (tertiary alicyclic amines) is 1. The molecule has 1 amide bonds. The second-order valence-electron chi connectivity index (χ2n) is 5.85. The van der Waals surface area contributed by atoms with Crippen LogP contribution in [0.2, 0.25) is 0 Å². The highest BCUT2D eigenvalue weighted by Gasteiger charge is 2.43. The lowest BCUT2D eigenvalue weighted by Gasteiger charge is -2.45. The van der Waals surface area contributed by atoms with Gasteiger partial charge in [0.25, 0.3) is 5.91 Å². The van der Waals surface area contributed by atoms with E-state index in [1.54, 1.807) is 12.0 Å². The molecule has 5 N–H and O–H groups in total. The minimum atomic E-state index is -0.710. The predicted molar refractivity (Wildman–Crippen MR) is 80.2 cm³/mol. The van der Waals surface area contributed by atoms with Gasteiger partial charge in [-0.1, -0.05) is 0 Å². The monoisotopic (exact) mass is 312 g/mol. The molecule has 2 heterocycles. The molecule has 1 aromatic heterocycles. The molecule has 1 aliphatic rings. The molecular formula is C14H24N4O4. The number of hydrogen-bond donors (Lipinski definition) is 4. The molecule has 0 saturated carbocycles. The number of amides is 1. The van der Waals surface area contributed by atoms with Gasteiger partial charge in [-0.15, -0.1) is 0 Å². The average molecular weight is 312 g/mol. The Morgan fingerprint density at radius 3 is 3.05 bits per heavy atom. The van der Waals surface area contributed by atoms with Crippen LogP contribution in [0.1, 0.15) is 29.8 Å². The number of nitrogens with zero attached hydrogens (tertiary/aromatic N) is 2. The molecule has 1 saturated heterocycles. The van der Waals surface area contributed by atoms with Crippen molar-refractivity contribution in [3.8, 4) is 0 Å². The number of methoxy groups -OCH3 is 1. The first kappa shape index (κ1) is 16.7. The molecule has 8 nitrogen and oxygen atoms in total. The Morgan fingerprint density at radius 1 is 1.68 bits per heavy atom. The maximum atomic E-state index is 12.5. The molecule has 0 aliphatic carbocycles. The SMILES string of the molecule is COCCC[C@@]1(CO)CN(C(=O)c2cc(N)n[nH]2)CC[C@H]1O. The van der Waals surface area contributed by atoms with Gasteiger partial charge in [0.2, 0.25) is 0 Å². The number of aromatic amines is 1. The first-order valence-corrected chi connectivity index (χ1v) is 7.40. The number of aliphatic hydroxyl groups is 2. The molecule has 0 radical (unpaired) electrons. The smallest absolute Gasteiger partial charge is 0.271 e. The van der Waals surface area contributed by atoms with Gasteiger partial charge in [0.1, 0.15) is 11.5 Å². The summed E-state index contributed by atoms with van der Waals surface area (Å²) in [5, 5.41) is 26.5. The Balaban J connectivity index is 2.09. The number of aromatic nitrogens is 2. The minimum Gasteiger partial charge on any atom is -0.396 e. The summed E-state index contributed by atoms with van der Waals surface area (Å²) in [5.74, 6) is 0.0366. The molecule has 0 aromatic carbocycles. The van der Waals surface area contributed by atoms with E-state index in [0.717, 1.165) is 0 Å². The topological polar surface area (TPSA) is 125 Å². The van der Waals surface area contributed by atoms with Crippen molar-refractivity contribution in [3.63, 3.8) is 0 Å². The molecule has 8 heteroatoms. The lowest BCUT2D eigenvalue weighted by atomic mass is 9.74. The fourth-order valence-corrected chi connectivity index (χ4v) is 2.99. The predicted octanol–water partition coefficient (Wildman–Crippen LogP) is -0.396. The zero-order valence-electron chi connectivity index (χ0n) is 12.8. The van der Waals surface area contributed by atoms with Crippen LogP contribution in [-0.4, -0.2) is 70.7 Å². The molecule has 1 aliphatic heterocycles. The molecule has 22 heavy (non-hydrogen) atoms. The Labute approximate surface area is 129 Å². The van der Waals surface area contributed by atoms with Crippen molar-refractivity contribution in [1.29, 1.82) is 0 Å². The summed E-state index contributed by atoms with van der Waals surface area (Å²) in [5.41, 5.74) is 5.13. The number of H-pyrrole nitrogens is 1. The summed E-state index contributed by atoms with van der Waals surface area (Å²) in [4.78, 5) is 14.1. The first-order chi connectivity index (χ1) is 10.5. The molecule has 0 unspecified atom stereocenters. The van der Waals surface area contributed by atoms with Crippen molar-refractivity contribution in [3.05, 3.63) is 11.8 Å². The van der Waals surface area contributed by atoms with Crippen LogP contribution in [0.4, 0.5) is 5.82 Å². The Hall–Kier alpha value is -1.64. The zero-order valence-corrected chi connectivity index (χ0v) is 12.8. The van der Waals surface area contributed by atoms with Gasteiger partial charge in [-0.25, -0.2) is 0 Å². The maximum absolute atomic E-state index is 12.5. The average Bonchev–Trinajstić information content (AvgIpc) is 2.95. The number of piperidine rings is 1. The second kappa shape index (κ2) is 7.08. The van der Waals surface area contributed by atoms with Gasteiger partial charge in [-0.2, -0.15) is 5.10 Å². The van der Waals surface area contributed by atoms with Crippen molar-refractivity contribution >= 4 is 11.7 Å². The van der Waals surface area contributed by atoms with Gasteiger partial charge >= 0.3 is 0 Å². The highest BCUT2D eigenvalue weighted by molar-refractivity contribution is 5.93. The highest BCUT2D eigenvalue weighted by Crippen LogP contribution is 2.35. The van der Waals surface area contributed by atoms with Gasteiger partial charge in [0, 0.05) is 38.3 Å². The van der Waals surface area contributed by atoms with E-state index in [4.69, 9.17) is 10.5 Å². The number of anilines is 1. The molecule has 1 aromatic rings. The first-order valence-electron chi connectivity index (χ1n) is 7.40. The van der Waals surface area contributed by atoms with Crippen LogP contribution >= 0.6 is 0 Å². The number of ether oxygens (including phenoxy) is 1. The van der Waals surface area contributed by atoms with E-state index in [0.29, 0.717) is 44.7 Å². The van der Waals surface area contributed by atoms with E-state index in [1.807, 2.05) is 0 Å². The van der Waals surface area contributed by atoms with Crippen LogP contribution < -0.4 is 5.73 Å². The van der Waals surface area contributed by atoms with Crippen LogP contribution in [0, 0.1) is 5.41 Å². The third-order valence-corrected chi connectivity index (χ3v) is 4.34. The normalized spacial score (nSPS) is 25.4.